The molecule has 0 spiro atoms. The summed E-state index contributed by atoms with van der Waals surface area (Å²) in [5.41, 5.74) is 8.35. The summed E-state index contributed by atoms with van der Waals surface area (Å²) in [6.45, 7) is 9.78. The molecule has 2 aromatic heterocycles. The summed E-state index contributed by atoms with van der Waals surface area (Å²) in [7, 11) is 0. The first kappa shape index (κ1) is 25.7. The van der Waals surface area contributed by atoms with E-state index in [1.165, 1.54) is 6.92 Å². The number of phenolic OH excluding ortho intramolecular Hbond substituents is 1. The Morgan fingerprint density at radius 3 is 2.12 bits per heavy atom. The molecule has 8 aromatic rings. The Hall–Kier alpha value is -6.26. The summed E-state index contributed by atoms with van der Waals surface area (Å²) in [6.07, 6.45) is -0.452. The van der Waals surface area contributed by atoms with Gasteiger partial charge >= 0.3 is 0 Å². The van der Waals surface area contributed by atoms with Crippen LogP contribution in [0.2, 0.25) is 0 Å². The summed E-state index contributed by atoms with van der Waals surface area (Å²) in [5.74, 6) is 0.627. The number of benzene rings is 6. The van der Waals surface area contributed by atoms with Crippen molar-refractivity contribution in [3.05, 3.63) is 168 Å². The fourth-order valence-corrected chi connectivity index (χ4v) is 6.55. The molecule has 0 aliphatic carbocycles. The molecule has 0 radical (unpaired) electrons. The van der Waals surface area contributed by atoms with Crippen LogP contribution in [0.5, 0.6) is 5.75 Å². The molecule has 52 heavy (non-hydrogen) atoms. The summed E-state index contributed by atoms with van der Waals surface area (Å²) in [4.78, 5) is 9.76. The predicted octanol–water partition coefficient (Wildman–Crippen LogP) is 12.4. The standard InChI is InChI=1S/C48H41N3O/c1-31-18-21-33(22-19-31)35-24-25-49-42(30-35)37-27-36(28-38(29-37)48(3,4)5)39-15-11-16-44-46(39)50-47(40-14-9-10-17-45(40)52)51(44)43-23-20-32(2)26-41(43)34-12-7-6-8-13-34/h6-30,52H,1-5H3/i18D,19D,21D,22D,24D,25D,30D. The lowest BCUT2D eigenvalue weighted by Gasteiger charge is -2.22. The van der Waals surface area contributed by atoms with E-state index in [4.69, 9.17) is 13.2 Å². The van der Waals surface area contributed by atoms with Crippen molar-refractivity contribution in [1.82, 2.24) is 14.5 Å². The largest absolute Gasteiger partial charge is 0.507 e. The minimum Gasteiger partial charge on any atom is -0.507 e. The number of hydrogen-bond acceptors (Lipinski definition) is 3. The SMILES string of the molecule is [2H]c1nc(-c2cc(-c3cccc4c3nc(-c3ccccc3O)n4-c3ccc(C)cc3-c3ccccc3)cc(C(C)(C)C)c2)c([2H])c(-c2c([2H])c([2H])c(C)c([2H])c2[2H])c1[2H]. The maximum absolute atomic E-state index is 11.3. The Morgan fingerprint density at radius 2 is 1.35 bits per heavy atom. The molecule has 0 fully saturated rings. The number of rotatable bonds is 6. The van der Waals surface area contributed by atoms with E-state index in [9.17, 15) is 6.48 Å². The van der Waals surface area contributed by atoms with Gasteiger partial charge in [0.2, 0.25) is 0 Å². The van der Waals surface area contributed by atoms with Crippen LogP contribution in [0.15, 0.2) is 152 Å². The monoisotopic (exact) mass is 682 g/mol. The second kappa shape index (κ2) is 13.1. The first-order valence-electron chi connectivity index (χ1n) is 20.7. The van der Waals surface area contributed by atoms with Gasteiger partial charge in [-0.2, -0.15) is 0 Å². The zero-order valence-corrected chi connectivity index (χ0v) is 29.7. The highest BCUT2D eigenvalue weighted by Crippen LogP contribution is 2.41. The van der Waals surface area contributed by atoms with Crippen molar-refractivity contribution in [3.8, 4) is 67.5 Å². The van der Waals surface area contributed by atoms with E-state index in [1.54, 1.807) is 12.1 Å². The normalized spacial score (nSPS) is 13.5. The number of imidazole rings is 1. The van der Waals surface area contributed by atoms with Crippen LogP contribution in [0, 0.1) is 13.8 Å². The van der Waals surface area contributed by atoms with Gasteiger partial charge in [-0.15, -0.1) is 0 Å². The Morgan fingerprint density at radius 1 is 0.615 bits per heavy atom. The number of nitrogens with zero attached hydrogens (tertiary/aromatic N) is 3. The summed E-state index contributed by atoms with van der Waals surface area (Å²) < 4.78 is 63.5. The molecule has 2 heterocycles. The van der Waals surface area contributed by atoms with Gasteiger partial charge in [0.05, 0.1) is 37.6 Å². The third kappa shape index (κ3) is 6.18. The van der Waals surface area contributed by atoms with E-state index in [1.807, 2.05) is 60.7 Å². The van der Waals surface area contributed by atoms with Gasteiger partial charge in [0.15, 0.2) is 0 Å². The van der Waals surface area contributed by atoms with Crippen LogP contribution in [0.25, 0.3) is 72.7 Å². The van der Waals surface area contributed by atoms with E-state index in [0.717, 1.165) is 44.6 Å². The van der Waals surface area contributed by atoms with Crippen LogP contribution in [-0.4, -0.2) is 19.6 Å². The number of aromatic nitrogens is 3. The molecule has 0 amide bonds. The molecule has 0 atom stereocenters. The van der Waals surface area contributed by atoms with Gasteiger partial charge in [-0.05, 0) is 102 Å². The smallest absolute Gasteiger partial charge is 0.149 e. The number of aryl methyl sites for hydroxylation is 1. The highest BCUT2D eigenvalue weighted by molar-refractivity contribution is 5.97. The van der Waals surface area contributed by atoms with Crippen molar-refractivity contribution in [2.45, 2.75) is 40.0 Å². The molecule has 0 saturated carbocycles. The molecular formula is C48H41N3O. The van der Waals surface area contributed by atoms with Crippen molar-refractivity contribution in [3.63, 3.8) is 0 Å². The summed E-state index contributed by atoms with van der Waals surface area (Å²) in [5, 5.41) is 11.3. The van der Waals surface area contributed by atoms with Gasteiger partial charge < -0.3 is 5.11 Å². The lowest BCUT2D eigenvalue weighted by Crippen LogP contribution is -2.11. The van der Waals surface area contributed by atoms with E-state index in [-0.39, 0.29) is 58.3 Å². The highest BCUT2D eigenvalue weighted by Gasteiger charge is 2.23. The van der Waals surface area contributed by atoms with Crippen LogP contribution in [0.3, 0.4) is 0 Å². The third-order valence-corrected chi connectivity index (χ3v) is 9.28. The predicted molar refractivity (Wildman–Crippen MR) is 216 cm³/mol. The average molecular weight is 683 g/mol. The number of para-hydroxylation sites is 2. The quantitative estimate of drug-likeness (QED) is 0.190. The van der Waals surface area contributed by atoms with E-state index >= 15 is 0 Å². The lowest BCUT2D eigenvalue weighted by atomic mass is 9.83. The van der Waals surface area contributed by atoms with Crippen LogP contribution in [-0.2, 0) is 5.41 Å². The topological polar surface area (TPSA) is 50.9 Å². The zero-order chi connectivity index (χ0) is 42.1. The van der Waals surface area contributed by atoms with Gasteiger partial charge in [-0.1, -0.05) is 123 Å². The molecule has 4 heteroatoms. The van der Waals surface area contributed by atoms with Crippen LogP contribution in [0.1, 0.15) is 47.1 Å². The van der Waals surface area contributed by atoms with E-state index < -0.39 is 17.6 Å². The molecule has 254 valence electrons. The molecule has 0 bridgehead atoms. The van der Waals surface area contributed by atoms with Gasteiger partial charge in [0.1, 0.15) is 11.6 Å². The fraction of sp³-hybridized carbons (Fsp3) is 0.125. The molecule has 4 nitrogen and oxygen atoms in total. The summed E-state index contributed by atoms with van der Waals surface area (Å²) >= 11 is 0. The van der Waals surface area contributed by atoms with Gasteiger partial charge in [-0.3, -0.25) is 9.55 Å². The molecule has 0 unspecified atom stereocenters. The zero-order valence-electron chi connectivity index (χ0n) is 36.7. The maximum Gasteiger partial charge on any atom is 0.149 e. The molecule has 0 aliphatic heterocycles. The fourth-order valence-electron chi connectivity index (χ4n) is 6.55. The first-order chi connectivity index (χ1) is 28.1. The van der Waals surface area contributed by atoms with Crippen molar-refractivity contribution < 1.29 is 14.7 Å². The molecular weight excluding hydrogens is 635 g/mol. The van der Waals surface area contributed by atoms with Crippen LogP contribution >= 0.6 is 0 Å². The van der Waals surface area contributed by atoms with Gasteiger partial charge in [0, 0.05) is 22.9 Å². The first-order valence-corrected chi connectivity index (χ1v) is 17.2. The average Bonchev–Trinajstić information content (AvgIpc) is 3.61. The number of pyridine rings is 1. The van der Waals surface area contributed by atoms with Crippen LogP contribution < -0.4 is 0 Å². The number of fused-ring (bicyclic) bond motifs is 1. The molecule has 1 N–H and O–H groups in total. The summed E-state index contributed by atoms with van der Waals surface area (Å²) in [6, 6.07) is 33.4. The Labute approximate surface area is 315 Å². The van der Waals surface area contributed by atoms with Gasteiger partial charge in [0.25, 0.3) is 0 Å². The van der Waals surface area contributed by atoms with Crippen molar-refractivity contribution in [1.29, 1.82) is 0 Å². The Balaban J connectivity index is 1.42. The molecule has 6 aromatic carbocycles. The molecule has 0 aliphatic rings. The van der Waals surface area contributed by atoms with E-state index in [2.05, 4.69) is 73.6 Å². The molecule has 0 saturated heterocycles. The van der Waals surface area contributed by atoms with Crippen molar-refractivity contribution in [2.75, 3.05) is 0 Å². The van der Waals surface area contributed by atoms with E-state index in [0.29, 0.717) is 22.5 Å². The lowest BCUT2D eigenvalue weighted by molar-refractivity contribution is 0.477. The number of phenols is 1. The van der Waals surface area contributed by atoms with Gasteiger partial charge in [-0.25, -0.2) is 4.98 Å². The highest BCUT2D eigenvalue weighted by atomic mass is 16.3. The number of hydrogen-bond donors (Lipinski definition) is 1. The van der Waals surface area contributed by atoms with Crippen molar-refractivity contribution in [2.24, 2.45) is 0 Å². The van der Waals surface area contributed by atoms with Crippen molar-refractivity contribution >= 4 is 11.0 Å². The third-order valence-electron chi connectivity index (χ3n) is 9.28. The Bertz CT molecular complexity index is 2960. The minimum atomic E-state index is -0.452. The maximum atomic E-state index is 11.3. The molecule has 8 rings (SSSR count). The minimum absolute atomic E-state index is 0.0746. The Kier molecular flexibility index (Phi) is 6.48. The van der Waals surface area contributed by atoms with Crippen LogP contribution in [0.4, 0.5) is 0 Å². The second-order valence-corrected chi connectivity index (χ2v) is 14.1. The number of aromatic hydroxyl groups is 1. The second-order valence-electron chi connectivity index (χ2n) is 14.1.